The van der Waals surface area contributed by atoms with Crippen LogP contribution >= 0.6 is 0 Å². The fourth-order valence-corrected chi connectivity index (χ4v) is 2.84. The molecule has 0 radical (unpaired) electrons. The zero-order chi connectivity index (χ0) is 13.9. The third-order valence-corrected chi connectivity index (χ3v) is 3.87. The van der Waals surface area contributed by atoms with E-state index in [4.69, 9.17) is 9.47 Å². The average molecular weight is 283 g/mol. The van der Waals surface area contributed by atoms with Crippen LogP contribution in [0, 0.1) is 0 Å². The van der Waals surface area contributed by atoms with E-state index in [2.05, 4.69) is 5.32 Å². The number of hydrogen-bond acceptors (Lipinski definition) is 3. The first-order valence-electron chi connectivity index (χ1n) is 7.18. The number of fused-ring (bicyclic) bond motifs is 1. The van der Waals surface area contributed by atoms with Gasteiger partial charge in [0.2, 0.25) is 0 Å². The largest absolute Gasteiger partial charge is 0.490 e. The molecule has 0 aromatic heterocycles. The summed E-state index contributed by atoms with van der Waals surface area (Å²) < 4.78 is 37.6. The molecule has 0 saturated carbocycles. The summed E-state index contributed by atoms with van der Waals surface area (Å²) in [6.07, 6.45) is 1.06. The lowest BCUT2D eigenvalue weighted by Gasteiger charge is -2.17. The van der Waals surface area contributed by atoms with E-state index >= 15 is 0 Å². The van der Waals surface area contributed by atoms with Crippen molar-refractivity contribution >= 4 is 0 Å². The molecule has 2 aliphatic rings. The first-order chi connectivity index (χ1) is 9.74. The van der Waals surface area contributed by atoms with Gasteiger partial charge in [-0.25, -0.2) is 8.78 Å². The molecule has 1 aromatic rings. The molecule has 1 unspecified atom stereocenters. The highest BCUT2D eigenvalue weighted by Crippen LogP contribution is 2.37. The zero-order valence-electron chi connectivity index (χ0n) is 11.3. The molecule has 1 N–H and O–H groups in total. The van der Waals surface area contributed by atoms with E-state index in [0.29, 0.717) is 36.7 Å². The van der Waals surface area contributed by atoms with Gasteiger partial charge in [0.05, 0.1) is 13.2 Å². The Kier molecular flexibility index (Phi) is 4.05. The van der Waals surface area contributed by atoms with E-state index in [1.165, 1.54) is 6.07 Å². The topological polar surface area (TPSA) is 30.5 Å². The molecule has 1 fully saturated rings. The zero-order valence-corrected chi connectivity index (χ0v) is 11.3. The highest BCUT2D eigenvalue weighted by molar-refractivity contribution is 5.48. The van der Waals surface area contributed by atoms with Gasteiger partial charge in [-0.2, -0.15) is 0 Å². The summed E-state index contributed by atoms with van der Waals surface area (Å²) in [6.45, 7) is 2.06. The molecule has 2 aliphatic heterocycles. The van der Waals surface area contributed by atoms with Crippen molar-refractivity contribution in [2.24, 2.45) is 0 Å². The van der Waals surface area contributed by atoms with Crippen molar-refractivity contribution in [1.29, 1.82) is 0 Å². The molecular weight excluding hydrogens is 264 g/mol. The van der Waals surface area contributed by atoms with E-state index in [0.717, 1.165) is 25.8 Å². The molecule has 3 rings (SSSR count). The third-order valence-electron chi connectivity index (χ3n) is 3.87. The minimum absolute atomic E-state index is 0.0722. The number of nitrogens with one attached hydrogen (secondary N) is 1. The number of alkyl halides is 2. The normalized spacial score (nSPS) is 22.1. The Bertz CT molecular complexity index is 473. The highest BCUT2D eigenvalue weighted by Gasteiger charge is 2.23. The number of halogens is 2. The molecule has 3 nitrogen and oxygen atoms in total. The maximum atomic E-state index is 13.3. The van der Waals surface area contributed by atoms with Crippen LogP contribution in [0.25, 0.3) is 0 Å². The van der Waals surface area contributed by atoms with Gasteiger partial charge >= 0.3 is 0 Å². The second-order valence-corrected chi connectivity index (χ2v) is 5.35. The van der Waals surface area contributed by atoms with Gasteiger partial charge in [-0.05, 0) is 43.5 Å². The summed E-state index contributed by atoms with van der Waals surface area (Å²) in [5, 5.41) is 3.35. The quantitative estimate of drug-likeness (QED) is 0.924. The summed E-state index contributed by atoms with van der Waals surface area (Å²) in [5.41, 5.74) is 0.742. The van der Waals surface area contributed by atoms with Gasteiger partial charge in [0, 0.05) is 18.0 Å². The molecule has 110 valence electrons. The number of ether oxygens (including phenoxy) is 2. The summed E-state index contributed by atoms with van der Waals surface area (Å²) in [6, 6.07) is 3.48. The minimum Gasteiger partial charge on any atom is -0.490 e. The van der Waals surface area contributed by atoms with Gasteiger partial charge in [0.1, 0.15) is 0 Å². The fraction of sp³-hybridized carbons (Fsp3) is 0.600. The summed E-state index contributed by atoms with van der Waals surface area (Å²) in [4.78, 5) is 0. The second kappa shape index (κ2) is 5.95. The molecule has 5 heteroatoms. The smallest absolute Gasteiger partial charge is 0.264 e. The molecule has 0 aliphatic carbocycles. The lowest BCUT2D eigenvalue weighted by molar-refractivity contribution is 0.149. The Morgan fingerprint density at radius 2 is 1.90 bits per heavy atom. The lowest BCUT2D eigenvalue weighted by atomic mass is 9.98. The van der Waals surface area contributed by atoms with Crippen molar-refractivity contribution < 1.29 is 18.3 Å². The molecule has 1 saturated heterocycles. The molecule has 0 spiro atoms. The van der Waals surface area contributed by atoms with Crippen LogP contribution in [-0.4, -0.2) is 25.8 Å². The number of hydrogen-bond donors (Lipinski definition) is 1. The standard InChI is InChI=1S/C15H19F2NO2/c16-15(17)12-9-14-13(19-5-2-6-20-14)8-10(12)7-11-3-1-4-18-11/h8-9,11,15,18H,1-7H2. The predicted molar refractivity (Wildman–Crippen MR) is 71.7 cm³/mol. The first kappa shape index (κ1) is 13.6. The van der Waals surface area contributed by atoms with Crippen LogP contribution in [0.4, 0.5) is 8.78 Å². The summed E-state index contributed by atoms with van der Waals surface area (Å²) >= 11 is 0. The first-order valence-corrected chi connectivity index (χ1v) is 7.18. The Morgan fingerprint density at radius 3 is 2.55 bits per heavy atom. The van der Waals surface area contributed by atoms with E-state index in [-0.39, 0.29) is 11.6 Å². The van der Waals surface area contributed by atoms with E-state index < -0.39 is 6.43 Å². The monoisotopic (exact) mass is 283 g/mol. The van der Waals surface area contributed by atoms with Crippen LogP contribution in [0.1, 0.15) is 36.8 Å². The Hall–Kier alpha value is -1.36. The van der Waals surface area contributed by atoms with Crippen molar-refractivity contribution in [2.45, 2.75) is 38.2 Å². The lowest BCUT2D eigenvalue weighted by Crippen LogP contribution is -2.24. The fourth-order valence-electron chi connectivity index (χ4n) is 2.84. The van der Waals surface area contributed by atoms with Gasteiger partial charge in [-0.3, -0.25) is 0 Å². The Labute approximate surface area is 117 Å². The average Bonchev–Trinajstić information content (AvgIpc) is 2.82. The molecule has 1 aromatic carbocycles. The molecular formula is C15H19F2NO2. The van der Waals surface area contributed by atoms with Gasteiger partial charge < -0.3 is 14.8 Å². The number of benzene rings is 1. The van der Waals surface area contributed by atoms with Crippen LogP contribution in [0.3, 0.4) is 0 Å². The minimum atomic E-state index is -2.48. The van der Waals surface area contributed by atoms with Crippen LogP contribution in [0.15, 0.2) is 12.1 Å². The Morgan fingerprint density at radius 1 is 1.15 bits per heavy atom. The number of rotatable bonds is 3. The van der Waals surface area contributed by atoms with Crippen LogP contribution < -0.4 is 14.8 Å². The van der Waals surface area contributed by atoms with Crippen molar-refractivity contribution in [3.63, 3.8) is 0 Å². The molecule has 0 amide bonds. The van der Waals surface area contributed by atoms with Gasteiger partial charge in [0.25, 0.3) is 6.43 Å². The maximum Gasteiger partial charge on any atom is 0.264 e. The third kappa shape index (κ3) is 2.87. The maximum absolute atomic E-state index is 13.3. The van der Waals surface area contributed by atoms with Gasteiger partial charge in [0.15, 0.2) is 11.5 Å². The van der Waals surface area contributed by atoms with E-state index in [1.807, 2.05) is 0 Å². The Balaban J connectivity index is 1.91. The molecule has 2 heterocycles. The molecule has 0 bridgehead atoms. The van der Waals surface area contributed by atoms with Crippen LogP contribution in [0.2, 0.25) is 0 Å². The van der Waals surface area contributed by atoms with E-state index in [9.17, 15) is 8.78 Å². The summed E-state index contributed by atoms with van der Waals surface area (Å²) in [7, 11) is 0. The van der Waals surface area contributed by atoms with Gasteiger partial charge in [-0.15, -0.1) is 0 Å². The van der Waals surface area contributed by atoms with Gasteiger partial charge in [-0.1, -0.05) is 0 Å². The van der Waals surface area contributed by atoms with E-state index in [1.54, 1.807) is 6.07 Å². The van der Waals surface area contributed by atoms with Crippen LogP contribution in [0.5, 0.6) is 11.5 Å². The van der Waals surface area contributed by atoms with Crippen molar-refractivity contribution in [1.82, 2.24) is 5.32 Å². The summed E-state index contributed by atoms with van der Waals surface area (Å²) in [5.74, 6) is 1.04. The van der Waals surface area contributed by atoms with Crippen molar-refractivity contribution in [3.8, 4) is 11.5 Å². The van der Waals surface area contributed by atoms with Crippen LogP contribution in [-0.2, 0) is 6.42 Å². The van der Waals surface area contributed by atoms with Crippen molar-refractivity contribution in [3.05, 3.63) is 23.3 Å². The highest BCUT2D eigenvalue weighted by atomic mass is 19.3. The molecule has 20 heavy (non-hydrogen) atoms. The molecule has 1 atom stereocenters. The second-order valence-electron chi connectivity index (χ2n) is 5.35. The van der Waals surface area contributed by atoms with Crippen molar-refractivity contribution in [2.75, 3.05) is 19.8 Å². The predicted octanol–water partition coefficient (Wildman–Crippen LogP) is 3.08. The SMILES string of the molecule is FC(F)c1cc2c(cc1CC1CCCN1)OCCCO2.